The smallest absolute Gasteiger partial charge is 0.317 e. The molecule has 4 nitrogen and oxygen atoms in total. The lowest BCUT2D eigenvalue weighted by Crippen LogP contribution is -2.46. The minimum absolute atomic E-state index is 0.0183. The van der Waals surface area contributed by atoms with Crippen LogP contribution < -0.4 is 5.32 Å². The number of likely N-dealkylation sites (tertiary alicyclic amines) is 1. The molecule has 2 unspecified atom stereocenters. The average Bonchev–Trinajstić information content (AvgIpc) is 2.61. The molecule has 2 aliphatic rings. The van der Waals surface area contributed by atoms with E-state index < -0.39 is 10.8 Å². The average molecular weight is 314 g/mol. The van der Waals surface area contributed by atoms with Crippen molar-refractivity contribution in [3.05, 3.63) is 0 Å². The van der Waals surface area contributed by atoms with Gasteiger partial charge in [0.05, 0.1) is 0 Å². The summed E-state index contributed by atoms with van der Waals surface area (Å²) < 4.78 is 11.2. The molecule has 1 aliphatic heterocycles. The molecule has 1 spiro atoms. The summed E-state index contributed by atoms with van der Waals surface area (Å²) in [5.74, 6) is 0.531. The highest BCUT2D eigenvalue weighted by Crippen LogP contribution is 2.44. The summed E-state index contributed by atoms with van der Waals surface area (Å²) >= 11 is 0. The number of amides is 2. The second-order valence-electron chi connectivity index (χ2n) is 6.99. The van der Waals surface area contributed by atoms with Crippen molar-refractivity contribution in [2.75, 3.05) is 25.1 Å². The summed E-state index contributed by atoms with van der Waals surface area (Å²) in [5, 5.41) is 2.99. The van der Waals surface area contributed by atoms with Gasteiger partial charge in [-0.3, -0.25) is 4.21 Å². The van der Waals surface area contributed by atoms with Crippen LogP contribution in [0.1, 0.15) is 58.3 Å². The minimum atomic E-state index is -0.863. The van der Waals surface area contributed by atoms with Gasteiger partial charge in [-0.2, -0.15) is 0 Å². The topological polar surface area (TPSA) is 49.4 Å². The third-order valence-electron chi connectivity index (χ3n) is 5.10. The molecule has 0 aromatic rings. The Labute approximate surface area is 131 Å². The molecule has 1 saturated carbocycles. The zero-order valence-electron chi connectivity index (χ0n) is 13.5. The first-order valence-corrected chi connectivity index (χ1v) is 10.1. The third kappa shape index (κ3) is 4.97. The number of nitrogens with one attached hydrogen (secondary N) is 1. The van der Waals surface area contributed by atoms with Crippen LogP contribution in [-0.4, -0.2) is 46.3 Å². The first-order chi connectivity index (χ1) is 10.0. The zero-order chi connectivity index (χ0) is 15.3. The summed E-state index contributed by atoms with van der Waals surface area (Å²) in [4.78, 5) is 14.3. The molecule has 0 aromatic carbocycles. The van der Waals surface area contributed by atoms with Crippen molar-refractivity contribution in [1.29, 1.82) is 0 Å². The van der Waals surface area contributed by atoms with Gasteiger partial charge in [0.25, 0.3) is 0 Å². The Morgan fingerprint density at radius 3 is 2.48 bits per heavy atom. The van der Waals surface area contributed by atoms with Crippen LogP contribution in [0.15, 0.2) is 0 Å². The van der Waals surface area contributed by atoms with Crippen LogP contribution in [0.2, 0.25) is 0 Å². The molecule has 0 aromatic heterocycles. The largest absolute Gasteiger partial charge is 0.335 e. The molecule has 2 rings (SSSR count). The molecular formula is C16H30N2O2S. The number of nitrogens with zero attached hydrogens (tertiary/aromatic N) is 1. The summed E-state index contributed by atoms with van der Waals surface area (Å²) in [5.41, 5.74) is 0.518. The number of carbonyl (C=O) groups excluding carboxylic acids is 1. The Morgan fingerprint density at radius 1 is 1.14 bits per heavy atom. The maximum atomic E-state index is 12.3. The van der Waals surface area contributed by atoms with Gasteiger partial charge in [0, 0.05) is 41.9 Å². The molecular weight excluding hydrogens is 284 g/mol. The molecule has 1 aliphatic carbocycles. The van der Waals surface area contributed by atoms with E-state index in [0.717, 1.165) is 25.9 Å². The second kappa shape index (κ2) is 7.61. The number of hydrogen-bond donors (Lipinski definition) is 1. The van der Waals surface area contributed by atoms with Crippen LogP contribution in [-0.2, 0) is 10.8 Å². The van der Waals surface area contributed by atoms with Crippen molar-refractivity contribution in [2.45, 2.75) is 64.3 Å². The summed E-state index contributed by atoms with van der Waals surface area (Å²) in [7, 11) is -0.863. The Bertz CT molecular complexity index is 380. The predicted molar refractivity (Wildman–Crippen MR) is 87.9 cm³/mol. The first kappa shape index (κ1) is 16.8. The summed E-state index contributed by atoms with van der Waals surface area (Å²) in [6.45, 7) is 3.68. The monoisotopic (exact) mass is 314 g/mol. The lowest BCUT2D eigenvalue weighted by molar-refractivity contribution is 0.157. The lowest BCUT2D eigenvalue weighted by atomic mass is 9.69. The van der Waals surface area contributed by atoms with E-state index in [1.165, 1.54) is 38.5 Å². The molecule has 2 fully saturated rings. The number of hydrogen-bond acceptors (Lipinski definition) is 2. The summed E-state index contributed by atoms with van der Waals surface area (Å²) in [6.07, 6.45) is 12.1. The fraction of sp³-hybridized carbons (Fsp3) is 0.938. The Morgan fingerprint density at radius 2 is 1.81 bits per heavy atom. The molecule has 1 saturated heterocycles. The molecule has 122 valence electrons. The van der Waals surface area contributed by atoms with Crippen molar-refractivity contribution in [1.82, 2.24) is 10.2 Å². The van der Waals surface area contributed by atoms with E-state index in [1.54, 1.807) is 6.26 Å². The standard InChI is InChI=1S/C16H30N2O2S/c1-14(13-21(2)20)17-15(19)18-11-6-9-16(10-12-18)7-4-3-5-8-16/h14H,3-13H2,1-2H3,(H,17,19). The van der Waals surface area contributed by atoms with Gasteiger partial charge < -0.3 is 10.2 Å². The van der Waals surface area contributed by atoms with Gasteiger partial charge in [-0.15, -0.1) is 0 Å². The van der Waals surface area contributed by atoms with Crippen LogP contribution in [0.3, 0.4) is 0 Å². The van der Waals surface area contributed by atoms with Gasteiger partial charge in [-0.1, -0.05) is 19.3 Å². The predicted octanol–water partition coefficient (Wildman–Crippen LogP) is 2.90. The van der Waals surface area contributed by atoms with Crippen LogP contribution in [0.5, 0.6) is 0 Å². The van der Waals surface area contributed by atoms with E-state index in [0.29, 0.717) is 11.2 Å². The molecule has 2 atom stereocenters. The van der Waals surface area contributed by atoms with E-state index in [2.05, 4.69) is 5.32 Å². The molecule has 1 N–H and O–H groups in total. The van der Waals surface area contributed by atoms with Crippen LogP contribution in [0.25, 0.3) is 0 Å². The minimum Gasteiger partial charge on any atom is -0.335 e. The number of carbonyl (C=O) groups is 1. The van der Waals surface area contributed by atoms with Crippen LogP contribution in [0.4, 0.5) is 4.79 Å². The Hall–Kier alpha value is -0.580. The van der Waals surface area contributed by atoms with E-state index in [1.807, 2.05) is 11.8 Å². The van der Waals surface area contributed by atoms with Crippen LogP contribution in [0, 0.1) is 5.41 Å². The molecule has 0 bridgehead atoms. The Kier molecular flexibility index (Phi) is 6.08. The van der Waals surface area contributed by atoms with Crippen molar-refractivity contribution < 1.29 is 9.00 Å². The molecule has 21 heavy (non-hydrogen) atoms. The maximum Gasteiger partial charge on any atom is 0.317 e. The van der Waals surface area contributed by atoms with Crippen molar-refractivity contribution in [2.24, 2.45) is 5.41 Å². The van der Waals surface area contributed by atoms with E-state index in [9.17, 15) is 9.00 Å². The van der Waals surface area contributed by atoms with Crippen molar-refractivity contribution in [3.8, 4) is 0 Å². The third-order valence-corrected chi connectivity index (χ3v) is 6.07. The van der Waals surface area contributed by atoms with Crippen molar-refractivity contribution >= 4 is 16.8 Å². The van der Waals surface area contributed by atoms with Gasteiger partial charge in [0.2, 0.25) is 0 Å². The van der Waals surface area contributed by atoms with Crippen LogP contribution >= 0.6 is 0 Å². The van der Waals surface area contributed by atoms with E-state index in [4.69, 9.17) is 0 Å². The van der Waals surface area contributed by atoms with Gasteiger partial charge >= 0.3 is 6.03 Å². The maximum absolute atomic E-state index is 12.3. The highest BCUT2D eigenvalue weighted by atomic mass is 32.2. The Balaban J connectivity index is 1.84. The van der Waals surface area contributed by atoms with Gasteiger partial charge in [-0.25, -0.2) is 4.79 Å². The second-order valence-corrected chi connectivity index (χ2v) is 8.47. The molecule has 1 heterocycles. The number of urea groups is 1. The van der Waals surface area contributed by atoms with Gasteiger partial charge in [0.1, 0.15) is 0 Å². The molecule has 5 heteroatoms. The number of rotatable bonds is 3. The summed E-state index contributed by atoms with van der Waals surface area (Å²) in [6, 6.07) is 0.0102. The van der Waals surface area contributed by atoms with Crippen molar-refractivity contribution in [3.63, 3.8) is 0 Å². The SMILES string of the molecule is CC(CS(C)=O)NC(=O)N1CCCC2(CCCCC2)CC1. The first-order valence-electron chi connectivity index (χ1n) is 8.36. The van der Waals surface area contributed by atoms with E-state index >= 15 is 0 Å². The quantitative estimate of drug-likeness (QED) is 0.871. The normalized spacial score (nSPS) is 25.1. The fourth-order valence-electron chi connectivity index (χ4n) is 3.95. The zero-order valence-corrected chi connectivity index (χ0v) is 14.3. The van der Waals surface area contributed by atoms with Gasteiger partial charge in [0.15, 0.2) is 0 Å². The van der Waals surface area contributed by atoms with Gasteiger partial charge in [-0.05, 0) is 44.4 Å². The highest BCUT2D eigenvalue weighted by Gasteiger charge is 2.34. The fourth-order valence-corrected chi connectivity index (χ4v) is 4.74. The lowest BCUT2D eigenvalue weighted by Gasteiger charge is -2.36. The highest BCUT2D eigenvalue weighted by molar-refractivity contribution is 7.84. The van der Waals surface area contributed by atoms with E-state index in [-0.39, 0.29) is 12.1 Å². The molecule has 0 radical (unpaired) electrons. The molecule has 2 amide bonds.